The molecule has 0 aromatic heterocycles. The first-order valence-corrected chi connectivity index (χ1v) is 9.26. The molecule has 0 spiro atoms. The molecular formula is C15H24O4S. The summed E-state index contributed by atoms with van der Waals surface area (Å²) in [6.45, 7) is 5.77. The summed E-state index contributed by atoms with van der Waals surface area (Å²) in [5, 5.41) is -0.544. The smallest absolute Gasteiger partial charge is 0.312 e. The van der Waals surface area contributed by atoms with Crippen LogP contribution < -0.4 is 0 Å². The van der Waals surface area contributed by atoms with Gasteiger partial charge in [0.05, 0.1) is 15.9 Å². The Morgan fingerprint density at radius 1 is 1.20 bits per heavy atom. The maximum Gasteiger partial charge on any atom is 0.312 e. The molecule has 2 aliphatic carbocycles. The van der Waals surface area contributed by atoms with Crippen LogP contribution in [0.1, 0.15) is 59.3 Å². The molecule has 0 radical (unpaired) electrons. The number of esters is 1. The largest absolute Gasteiger partial charge is 0.459 e. The molecule has 0 aromatic rings. The molecule has 114 valence electrons. The van der Waals surface area contributed by atoms with Gasteiger partial charge in [-0.2, -0.15) is 0 Å². The van der Waals surface area contributed by atoms with Crippen LogP contribution in [0.15, 0.2) is 0 Å². The fourth-order valence-corrected chi connectivity index (χ4v) is 6.85. The van der Waals surface area contributed by atoms with Crippen molar-refractivity contribution >= 4 is 15.8 Å². The van der Waals surface area contributed by atoms with Crippen LogP contribution in [0.3, 0.4) is 0 Å². The van der Waals surface area contributed by atoms with Gasteiger partial charge in [0.15, 0.2) is 9.84 Å². The summed E-state index contributed by atoms with van der Waals surface area (Å²) >= 11 is 0. The molecule has 2 unspecified atom stereocenters. The van der Waals surface area contributed by atoms with Crippen LogP contribution in [0, 0.1) is 11.3 Å². The average Bonchev–Trinajstić information content (AvgIpc) is 2.35. The van der Waals surface area contributed by atoms with Gasteiger partial charge >= 0.3 is 5.97 Å². The number of carbonyl (C=O) groups is 1. The van der Waals surface area contributed by atoms with Crippen LogP contribution in [-0.4, -0.2) is 30.5 Å². The van der Waals surface area contributed by atoms with E-state index in [9.17, 15) is 13.2 Å². The zero-order chi connectivity index (χ0) is 14.8. The number of carbonyl (C=O) groups excluding carboxylic acids is 1. The van der Waals surface area contributed by atoms with Crippen molar-refractivity contribution in [2.24, 2.45) is 11.3 Å². The molecule has 0 aromatic carbocycles. The minimum atomic E-state index is -2.97. The summed E-state index contributed by atoms with van der Waals surface area (Å²) < 4.78 is 30.5. The number of rotatable bonds is 3. The van der Waals surface area contributed by atoms with E-state index in [1.165, 1.54) is 0 Å². The van der Waals surface area contributed by atoms with E-state index in [-0.39, 0.29) is 16.5 Å². The molecule has 4 fully saturated rings. The Morgan fingerprint density at radius 3 is 2.25 bits per heavy atom. The molecule has 5 heteroatoms. The Bertz CT molecular complexity index is 512. The van der Waals surface area contributed by atoms with E-state index in [4.69, 9.17) is 4.74 Å². The molecular weight excluding hydrogens is 276 g/mol. The van der Waals surface area contributed by atoms with Crippen molar-refractivity contribution in [2.45, 2.75) is 75.4 Å². The van der Waals surface area contributed by atoms with Gasteiger partial charge < -0.3 is 4.74 Å². The predicted octanol–water partition coefficient (Wildman–Crippen LogP) is 2.46. The van der Waals surface area contributed by atoms with Crippen molar-refractivity contribution in [3.05, 3.63) is 0 Å². The lowest BCUT2D eigenvalue weighted by Crippen LogP contribution is -2.61. The summed E-state index contributed by atoms with van der Waals surface area (Å²) in [4.78, 5) is 12.4. The number of hydrogen-bond acceptors (Lipinski definition) is 4. The Hall–Kier alpha value is -0.580. The van der Waals surface area contributed by atoms with E-state index in [1.807, 2.05) is 20.8 Å². The van der Waals surface area contributed by atoms with Gasteiger partial charge in [-0.25, -0.2) is 8.42 Å². The maximum absolute atomic E-state index is 12.4. The monoisotopic (exact) mass is 300 g/mol. The average molecular weight is 300 g/mol. The lowest BCUT2D eigenvalue weighted by atomic mass is 9.68. The number of ether oxygens (including phenoxy) is 1. The summed E-state index contributed by atoms with van der Waals surface area (Å²) in [6, 6.07) is 0. The number of sulfone groups is 1. The first kappa shape index (κ1) is 14.4. The van der Waals surface area contributed by atoms with E-state index in [2.05, 4.69) is 0 Å². The highest BCUT2D eigenvalue weighted by Gasteiger charge is 2.60. The minimum Gasteiger partial charge on any atom is -0.459 e. The fraction of sp³-hybridized carbons (Fsp3) is 0.933. The van der Waals surface area contributed by atoms with E-state index >= 15 is 0 Å². The van der Waals surface area contributed by atoms with Gasteiger partial charge in [-0.15, -0.1) is 0 Å². The Morgan fingerprint density at radius 2 is 1.75 bits per heavy atom. The summed E-state index contributed by atoms with van der Waals surface area (Å²) in [5.41, 5.74) is -0.979. The first-order valence-electron chi connectivity index (χ1n) is 7.65. The summed E-state index contributed by atoms with van der Waals surface area (Å²) in [6.07, 6.45) is 4.18. The lowest BCUT2D eigenvalue weighted by Gasteiger charge is -2.55. The van der Waals surface area contributed by atoms with Crippen molar-refractivity contribution in [3.63, 3.8) is 0 Å². The zero-order valence-electron chi connectivity index (χ0n) is 12.5. The third kappa shape index (κ3) is 2.00. The second kappa shape index (κ2) is 4.21. The molecule has 0 amide bonds. The standard InChI is InChI=1S/C15H24O4S/c1-4-14(2,3)13(16)19-15-7-10-5-11(8-15)20(17,18)12(6-10)9-15/h10-12H,4-9H2,1-3H3. The second-order valence-corrected chi connectivity index (χ2v) is 10.1. The van der Waals surface area contributed by atoms with Gasteiger partial charge in [0.1, 0.15) is 5.60 Å². The lowest BCUT2D eigenvalue weighted by molar-refractivity contribution is -0.181. The molecule has 2 atom stereocenters. The zero-order valence-corrected chi connectivity index (χ0v) is 13.3. The van der Waals surface area contributed by atoms with Crippen molar-refractivity contribution in [2.75, 3.05) is 0 Å². The van der Waals surface area contributed by atoms with Gasteiger partial charge in [0.25, 0.3) is 0 Å². The maximum atomic E-state index is 12.4. The Kier molecular flexibility index (Phi) is 3.03. The van der Waals surface area contributed by atoms with Crippen LogP contribution in [0.5, 0.6) is 0 Å². The Labute approximate surface area is 121 Å². The summed E-state index contributed by atoms with van der Waals surface area (Å²) in [7, 11) is -2.97. The highest BCUT2D eigenvalue weighted by molar-refractivity contribution is 7.92. The molecule has 2 saturated carbocycles. The predicted molar refractivity (Wildman–Crippen MR) is 76.0 cm³/mol. The molecule has 2 aliphatic heterocycles. The molecule has 20 heavy (non-hydrogen) atoms. The van der Waals surface area contributed by atoms with E-state index in [0.29, 0.717) is 18.8 Å². The molecule has 0 N–H and O–H groups in total. The van der Waals surface area contributed by atoms with Crippen molar-refractivity contribution < 1.29 is 17.9 Å². The van der Waals surface area contributed by atoms with Crippen molar-refractivity contribution in [1.29, 1.82) is 0 Å². The van der Waals surface area contributed by atoms with Crippen LogP contribution >= 0.6 is 0 Å². The SMILES string of the molecule is CCC(C)(C)C(=O)OC12CC3CC(C1)S(=O)(=O)C(C3)C2. The second-order valence-electron chi connectivity index (χ2n) is 7.59. The summed E-state index contributed by atoms with van der Waals surface area (Å²) in [5.74, 6) is 0.257. The molecule has 4 aliphatic rings. The van der Waals surface area contributed by atoms with Crippen molar-refractivity contribution in [3.8, 4) is 0 Å². The normalized spacial score (nSPS) is 41.6. The van der Waals surface area contributed by atoms with Gasteiger partial charge in [-0.3, -0.25) is 4.79 Å². The van der Waals surface area contributed by atoms with Crippen LogP contribution in [0.4, 0.5) is 0 Å². The van der Waals surface area contributed by atoms with E-state index in [0.717, 1.165) is 25.7 Å². The van der Waals surface area contributed by atoms with Crippen LogP contribution in [0.2, 0.25) is 0 Å². The molecule has 2 saturated heterocycles. The van der Waals surface area contributed by atoms with E-state index in [1.54, 1.807) is 0 Å². The van der Waals surface area contributed by atoms with Gasteiger partial charge in [0.2, 0.25) is 0 Å². The van der Waals surface area contributed by atoms with Crippen LogP contribution in [0.25, 0.3) is 0 Å². The molecule has 4 nitrogen and oxygen atoms in total. The van der Waals surface area contributed by atoms with E-state index < -0.39 is 20.9 Å². The van der Waals surface area contributed by atoms with Gasteiger partial charge in [-0.1, -0.05) is 6.92 Å². The topological polar surface area (TPSA) is 60.4 Å². The molecule has 2 heterocycles. The highest BCUT2D eigenvalue weighted by Crippen LogP contribution is 2.55. The first-order chi connectivity index (χ1) is 9.18. The van der Waals surface area contributed by atoms with Gasteiger partial charge in [0, 0.05) is 12.8 Å². The van der Waals surface area contributed by atoms with Gasteiger partial charge in [-0.05, 0) is 45.4 Å². The molecule has 4 rings (SSSR count). The number of hydrogen-bond donors (Lipinski definition) is 0. The Balaban J connectivity index is 1.83. The third-order valence-corrected chi connectivity index (χ3v) is 8.30. The van der Waals surface area contributed by atoms with Crippen LogP contribution in [-0.2, 0) is 19.4 Å². The van der Waals surface area contributed by atoms with Crippen molar-refractivity contribution in [1.82, 2.24) is 0 Å². The fourth-order valence-electron chi connectivity index (χ4n) is 4.16. The molecule has 4 bridgehead atoms. The minimum absolute atomic E-state index is 0.167. The quantitative estimate of drug-likeness (QED) is 0.751. The third-order valence-electron chi connectivity index (χ3n) is 5.73. The highest BCUT2D eigenvalue weighted by atomic mass is 32.2.